The normalized spacial score (nSPS) is 12.1. The molecule has 0 aromatic heterocycles. The SMILES string of the molecule is NCC(N)OC(=O)CCCCCCCCC(=O)O. The Hall–Kier alpha value is -1.14. The Morgan fingerprint density at radius 2 is 1.50 bits per heavy atom. The molecular weight excluding hydrogens is 236 g/mol. The molecule has 0 fully saturated rings. The minimum absolute atomic E-state index is 0.134. The van der Waals surface area contributed by atoms with E-state index in [1.807, 2.05) is 0 Å². The van der Waals surface area contributed by atoms with Gasteiger partial charge in [-0.2, -0.15) is 0 Å². The van der Waals surface area contributed by atoms with Crippen molar-refractivity contribution in [2.75, 3.05) is 6.54 Å². The van der Waals surface area contributed by atoms with Gasteiger partial charge in [0, 0.05) is 19.4 Å². The van der Waals surface area contributed by atoms with Crippen molar-refractivity contribution in [1.29, 1.82) is 0 Å². The number of aliphatic carboxylic acids is 1. The van der Waals surface area contributed by atoms with Crippen molar-refractivity contribution in [1.82, 2.24) is 0 Å². The number of nitrogens with two attached hydrogens (primary N) is 2. The molecule has 0 aliphatic heterocycles. The van der Waals surface area contributed by atoms with E-state index in [0.717, 1.165) is 38.5 Å². The number of carbonyl (C=O) groups is 2. The second-order valence-corrected chi connectivity index (χ2v) is 4.28. The van der Waals surface area contributed by atoms with Crippen molar-refractivity contribution in [3.63, 3.8) is 0 Å². The Kier molecular flexibility index (Phi) is 10.3. The van der Waals surface area contributed by atoms with Crippen LogP contribution in [0, 0.1) is 0 Å². The lowest BCUT2D eigenvalue weighted by Gasteiger charge is -2.10. The van der Waals surface area contributed by atoms with E-state index in [-0.39, 0.29) is 18.9 Å². The van der Waals surface area contributed by atoms with Crippen molar-refractivity contribution < 1.29 is 19.4 Å². The van der Waals surface area contributed by atoms with Crippen LogP contribution in [-0.2, 0) is 14.3 Å². The molecule has 0 bridgehead atoms. The summed E-state index contributed by atoms with van der Waals surface area (Å²) in [5, 5.41) is 8.44. The monoisotopic (exact) mass is 260 g/mol. The van der Waals surface area contributed by atoms with Crippen LogP contribution in [0.1, 0.15) is 51.4 Å². The summed E-state index contributed by atoms with van der Waals surface area (Å²) in [6, 6.07) is 0. The van der Waals surface area contributed by atoms with Gasteiger partial charge in [0.1, 0.15) is 0 Å². The van der Waals surface area contributed by atoms with E-state index in [2.05, 4.69) is 0 Å². The highest BCUT2D eigenvalue weighted by molar-refractivity contribution is 5.69. The first kappa shape index (κ1) is 16.9. The molecule has 0 aromatic rings. The van der Waals surface area contributed by atoms with Gasteiger partial charge in [0.2, 0.25) is 0 Å². The molecular formula is C12H24N2O4. The molecule has 0 spiro atoms. The highest BCUT2D eigenvalue weighted by atomic mass is 16.6. The zero-order valence-electron chi connectivity index (χ0n) is 10.8. The number of ether oxygens (including phenoxy) is 1. The number of hydrogen-bond acceptors (Lipinski definition) is 5. The number of unbranched alkanes of at least 4 members (excludes halogenated alkanes) is 5. The van der Waals surface area contributed by atoms with Crippen LogP contribution in [0.4, 0.5) is 0 Å². The minimum Gasteiger partial charge on any atom is -0.481 e. The molecule has 106 valence electrons. The zero-order valence-corrected chi connectivity index (χ0v) is 10.8. The number of rotatable bonds is 11. The fourth-order valence-electron chi connectivity index (χ4n) is 1.53. The fraction of sp³-hybridized carbons (Fsp3) is 0.833. The Bertz CT molecular complexity index is 246. The lowest BCUT2D eigenvalue weighted by atomic mass is 10.1. The van der Waals surface area contributed by atoms with Crippen LogP contribution in [-0.4, -0.2) is 29.8 Å². The van der Waals surface area contributed by atoms with Crippen molar-refractivity contribution in [3.05, 3.63) is 0 Å². The molecule has 18 heavy (non-hydrogen) atoms. The van der Waals surface area contributed by atoms with E-state index in [1.165, 1.54) is 0 Å². The summed E-state index contributed by atoms with van der Waals surface area (Å²) in [6.07, 6.45) is 5.28. The van der Waals surface area contributed by atoms with E-state index < -0.39 is 12.2 Å². The smallest absolute Gasteiger partial charge is 0.307 e. The van der Waals surface area contributed by atoms with Gasteiger partial charge in [-0.3, -0.25) is 15.3 Å². The van der Waals surface area contributed by atoms with E-state index in [1.54, 1.807) is 0 Å². The predicted octanol–water partition coefficient (Wildman–Crippen LogP) is 0.978. The number of carbonyl (C=O) groups excluding carboxylic acids is 1. The van der Waals surface area contributed by atoms with Crippen molar-refractivity contribution >= 4 is 11.9 Å². The van der Waals surface area contributed by atoms with E-state index in [0.29, 0.717) is 6.42 Å². The average Bonchev–Trinajstić information content (AvgIpc) is 2.31. The molecule has 5 N–H and O–H groups in total. The molecule has 6 nitrogen and oxygen atoms in total. The Morgan fingerprint density at radius 1 is 1.00 bits per heavy atom. The van der Waals surface area contributed by atoms with Gasteiger partial charge in [0.15, 0.2) is 6.23 Å². The summed E-state index contributed by atoms with van der Waals surface area (Å²) in [5.74, 6) is -1.05. The zero-order chi connectivity index (χ0) is 13.8. The maximum absolute atomic E-state index is 11.2. The highest BCUT2D eigenvalue weighted by Crippen LogP contribution is 2.09. The number of carboxylic acid groups (broad SMARTS) is 1. The van der Waals surface area contributed by atoms with Gasteiger partial charge in [-0.05, 0) is 12.8 Å². The molecule has 0 aromatic carbocycles. The summed E-state index contributed by atoms with van der Waals surface area (Å²) in [6.45, 7) is 0.134. The highest BCUT2D eigenvalue weighted by Gasteiger charge is 2.07. The molecule has 0 saturated heterocycles. The number of carboxylic acids is 1. The van der Waals surface area contributed by atoms with Crippen LogP contribution in [0.3, 0.4) is 0 Å². The molecule has 0 aliphatic carbocycles. The fourth-order valence-corrected chi connectivity index (χ4v) is 1.53. The second-order valence-electron chi connectivity index (χ2n) is 4.28. The van der Waals surface area contributed by atoms with Gasteiger partial charge in [0.25, 0.3) is 0 Å². The molecule has 0 rings (SSSR count). The second kappa shape index (κ2) is 11.0. The van der Waals surface area contributed by atoms with Crippen LogP contribution in [0.25, 0.3) is 0 Å². The van der Waals surface area contributed by atoms with Gasteiger partial charge in [-0.1, -0.05) is 25.7 Å². The molecule has 0 aliphatic rings. The third-order valence-corrected chi connectivity index (χ3v) is 2.54. The molecule has 1 atom stereocenters. The molecule has 1 unspecified atom stereocenters. The van der Waals surface area contributed by atoms with E-state index in [9.17, 15) is 9.59 Å². The minimum atomic E-state index is -0.742. The summed E-state index contributed by atoms with van der Waals surface area (Å²) >= 11 is 0. The van der Waals surface area contributed by atoms with Gasteiger partial charge in [0.05, 0.1) is 0 Å². The van der Waals surface area contributed by atoms with Crippen molar-refractivity contribution in [2.24, 2.45) is 11.5 Å². The Labute approximate surface area is 108 Å². The lowest BCUT2D eigenvalue weighted by molar-refractivity contribution is -0.148. The maximum atomic E-state index is 11.2. The van der Waals surface area contributed by atoms with Gasteiger partial charge in [-0.25, -0.2) is 0 Å². The summed E-state index contributed by atoms with van der Waals surface area (Å²) < 4.78 is 4.82. The van der Waals surface area contributed by atoms with Crippen LogP contribution in [0.5, 0.6) is 0 Å². The third-order valence-electron chi connectivity index (χ3n) is 2.54. The molecule has 0 amide bonds. The molecule has 0 saturated carbocycles. The number of esters is 1. The quantitative estimate of drug-likeness (QED) is 0.290. The van der Waals surface area contributed by atoms with E-state index >= 15 is 0 Å². The van der Waals surface area contributed by atoms with Crippen molar-refractivity contribution in [2.45, 2.75) is 57.6 Å². The maximum Gasteiger partial charge on any atom is 0.307 e. The lowest BCUT2D eigenvalue weighted by Crippen LogP contribution is -2.34. The molecule has 0 heterocycles. The van der Waals surface area contributed by atoms with Crippen LogP contribution < -0.4 is 11.5 Å². The van der Waals surface area contributed by atoms with E-state index in [4.69, 9.17) is 21.3 Å². The van der Waals surface area contributed by atoms with Crippen LogP contribution in [0.2, 0.25) is 0 Å². The largest absolute Gasteiger partial charge is 0.481 e. The first-order chi connectivity index (χ1) is 8.56. The average molecular weight is 260 g/mol. The Balaban J connectivity index is 3.25. The number of hydrogen-bond donors (Lipinski definition) is 3. The molecule has 0 radical (unpaired) electrons. The topological polar surface area (TPSA) is 116 Å². The van der Waals surface area contributed by atoms with Gasteiger partial charge >= 0.3 is 11.9 Å². The molecule has 6 heteroatoms. The van der Waals surface area contributed by atoms with Crippen LogP contribution in [0.15, 0.2) is 0 Å². The Morgan fingerprint density at radius 3 is 2.00 bits per heavy atom. The first-order valence-corrected chi connectivity index (χ1v) is 6.43. The van der Waals surface area contributed by atoms with Gasteiger partial charge < -0.3 is 15.6 Å². The summed E-state index contributed by atoms with van der Waals surface area (Å²) in [4.78, 5) is 21.5. The predicted molar refractivity (Wildman–Crippen MR) is 67.7 cm³/mol. The van der Waals surface area contributed by atoms with Crippen LogP contribution >= 0.6 is 0 Å². The first-order valence-electron chi connectivity index (χ1n) is 6.43. The van der Waals surface area contributed by atoms with Crippen molar-refractivity contribution in [3.8, 4) is 0 Å². The summed E-state index contributed by atoms with van der Waals surface area (Å²) in [5.41, 5.74) is 10.6. The standard InChI is InChI=1S/C12H24N2O4/c13-9-10(14)18-12(17)8-6-4-2-1-3-5-7-11(15)16/h10H,1-9,13-14H2,(H,15,16). The third kappa shape index (κ3) is 11.3. The van der Waals surface area contributed by atoms with Gasteiger partial charge in [-0.15, -0.1) is 0 Å². The summed E-state index contributed by atoms with van der Waals surface area (Å²) in [7, 11) is 0.